The highest BCUT2D eigenvalue weighted by Gasteiger charge is 2.09. The number of hydrogen-bond donors (Lipinski definition) is 1. The van der Waals surface area contributed by atoms with Gasteiger partial charge in [0.15, 0.2) is 6.29 Å². The van der Waals surface area contributed by atoms with Crippen molar-refractivity contribution in [3.05, 3.63) is 63.6 Å². The van der Waals surface area contributed by atoms with Crippen molar-refractivity contribution in [2.45, 2.75) is 6.42 Å². The Morgan fingerprint density at radius 1 is 1.18 bits per heavy atom. The molecule has 1 N–H and O–H groups in total. The summed E-state index contributed by atoms with van der Waals surface area (Å²) in [5.74, 6) is 0.0621. The molecule has 0 fully saturated rings. The summed E-state index contributed by atoms with van der Waals surface area (Å²) in [6.07, 6.45) is 1.27. The van der Waals surface area contributed by atoms with Crippen LogP contribution in [0, 0.1) is 0 Å². The second-order valence-corrected chi connectivity index (χ2v) is 4.70. The van der Waals surface area contributed by atoms with Crippen LogP contribution in [0.3, 0.4) is 0 Å². The third-order valence-corrected chi connectivity index (χ3v) is 3.01. The fraction of sp³-hybridized carbons (Fsp3) is 0.0714. The minimum absolute atomic E-state index is 0.0621. The molecule has 86 valence electrons. The third kappa shape index (κ3) is 2.74. The van der Waals surface area contributed by atoms with Crippen molar-refractivity contribution in [1.29, 1.82) is 0 Å². The van der Waals surface area contributed by atoms with Crippen LogP contribution in [0.25, 0.3) is 0 Å². The number of phenolic OH excluding ortho intramolecular Hbond substituents is 1. The molecule has 2 aromatic rings. The maximum Gasteiger partial charge on any atom is 0.153 e. The first kappa shape index (κ1) is 11.9. The highest BCUT2D eigenvalue weighted by atomic mass is 79.9. The van der Waals surface area contributed by atoms with Gasteiger partial charge in [-0.15, -0.1) is 0 Å². The van der Waals surface area contributed by atoms with Crippen LogP contribution in [0.5, 0.6) is 5.75 Å². The topological polar surface area (TPSA) is 37.3 Å². The molecule has 0 atom stereocenters. The quantitative estimate of drug-likeness (QED) is 0.878. The van der Waals surface area contributed by atoms with E-state index in [0.717, 1.165) is 15.6 Å². The summed E-state index contributed by atoms with van der Waals surface area (Å²) in [6.45, 7) is 0. The molecule has 2 rings (SSSR count). The van der Waals surface area contributed by atoms with E-state index in [1.807, 2.05) is 36.4 Å². The molecule has 2 nitrogen and oxygen atoms in total. The SMILES string of the molecule is O=Cc1cc(Br)cc(Cc2ccccc2)c1O. The van der Waals surface area contributed by atoms with E-state index >= 15 is 0 Å². The van der Waals surface area contributed by atoms with E-state index in [9.17, 15) is 9.90 Å². The summed E-state index contributed by atoms with van der Waals surface area (Å²) in [5, 5.41) is 9.92. The predicted octanol–water partition coefficient (Wildman–Crippen LogP) is 3.56. The summed E-state index contributed by atoms with van der Waals surface area (Å²) < 4.78 is 0.795. The molecule has 0 aliphatic heterocycles. The zero-order valence-corrected chi connectivity index (χ0v) is 10.6. The summed E-state index contributed by atoms with van der Waals surface area (Å²) in [6, 6.07) is 13.3. The molecule has 0 saturated heterocycles. The number of hydrogen-bond acceptors (Lipinski definition) is 2. The van der Waals surface area contributed by atoms with E-state index in [-0.39, 0.29) is 5.75 Å². The standard InChI is InChI=1S/C14H11BrO2/c15-13-7-11(14(17)12(8-13)9-16)6-10-4-2-1-3-5-10/h1-5,7-9,17H,6H2. The molecule has 3 heteroatoms. The van der Waals surface area contributed by atoms with Crippen molar-refractivity contribution in [2.24, 2.45) is 0 Å². The van der Waals surface area contributed by atoms with E-state index in [1.165, 1.54) is 0 Å². The van der Waals surface area contributed by atoms with Crippen molar-refractivity contribution in [3.63, 3.8) is 0 Å². The number of rotatable bonds is 3. The highest BCUT2D eigenvalue weighted by molar-refractivity contribution is 9.10. The van der Waals surface area contributed by atoms with Crippen LogP contribution in [0.1, 0.15) is 21.5 Å². The molecular formula is C14H11BrO2. The van der Waals surface area contributed by atoms with Gasteiger partial charge in [0.05, 0.1) is 5.56 Å². The summed E-state index contributed by atoms with van der Waals surface area (Å²) >= 11 is 3.33. The molecule has 17 heavy (non-hydrogen) atoms. The van der Waals surface area contributed by atoms with E-state index in [2.05, 4.69) is 15.9 Å². The Labute approximate surface area is 108 Å². The predicted molar refractivity (Wildman–Crippen MR) is 70.4 cm³/mol. The first-order chi connectivity index (χ1) is 8.20. The van der Waals surface area contributed by atoms with Gasteiger partial charge in [-0.1, -0.05) is 46.3 Å². The van der Waals surface area contributed by atoms with Gasteiger partial charge in [0.1, 0.15) is 5.75 Å². The molecule has 0 amide bonds. The van der Waals surface area contributed by atoms with Gasteiger partial charge in [0.2, 0.25) is 0 Å². The van der Waals surface area contributed by atoms with Gasteiger partial charge < -0.3 is 5.11 Å². The summed E-state index contributed by atoms with van der Waals surface area (Å²) in [5.41, 5.74) is 2.15. The van der Waals surface area contributed by atoms with Crippen LogP contribution < -0.4 is 0 Å². The Morgan fingerprint density at radius 3 is 2.53 bits per heavy atom. The van der Waals surface area contributed by atoms with E-state index in [1.54, 1.807) is 6.07 Å². The van der Waals surface area contributed by atoms with Crippen LogP contribution in [0.2, 0.25) is 0 Å². The molecule has 0 radical (unpaired) electrons. The molecule has 0 spiro atoms. The van der Waals surface area contributed by atoms with Gasteiger partial charge in [0, 0.05) is 16.5 Å². The second kappa shape index (κ2) is 5.15. The maximum atomic E-state index is 10.8. The van der Waals surface area contributed by atoms with Crippen LogP contribution >= 0.6 is 15.9 Å². The van der Waals surface area contributed by atoms with Crippen molar-refractivity contribution in [2.75, 3.05) is 0 Å². The number of aldehydes is 1. The Morgan fingerprint density at radius 2 is 1.88 bits per heavy atom. The van der Waals surface area contributed by atoms with E-state index < -0.39 is 0 Å². The maximum absolute atomic E-state index is 10.8. The first-order valence-corrected chi connectivity index (χ1v) is 6.00. The van der Waals surface area contributed by atoms with Gasteiger partial charge in [-0.2, -0.15) is 0 Å². The first-order valence-electron chi connectivity index (χ1n) is 5.21. The van der Waals surface area contributed by atoms with Crippen molar-refractivity contribution < 1.29 is 9.90 Å². The normalized spacial score (nSPS) is 10.2. The third-order valence-electron chi connectivity index (χ3n) is 2.55. The average molecular weight is 291 g/mol. The molecule has 0 saturated carbocycles. The van der Waals surface area contributed by atoms with Crippen LogP contribution in [0.4, 0.5) is 0 Å². The summed E-state index contributed by atoms with van der Waals surface area (Å²) in [7, 11) is 0. The zero-order valence-electron chi connectivity index (χ0n) is 9.06. The molecule has 0 aliphatic carbocycles. The van der Waals surface area contributed by atoms with Crippen LogP contribution in [0.15, 0.2) is 46.9 Å². The van der Waals surface area contributed by atoms with Crippen LogP contribution in [-0.2, 0) is 6.42 Å². The Hall–Kier alpha value is -1.61. The minimum Gasteiger partial charge on any atom is -0.507 e. The number of benzene rings is 2. The lowest BCUT2D eigenvalue weighted by atomic mass is 10.0. The number of halogens is 1. The number of carbonyl (C=O) groups excluding carboxylic acids is 1. The molecule has 0 unspecified atom stereocenters. The lowest BCUT2D eigenvalue weighted by Gasteiger charge is -2.07. The minimum atomic E-state index is 0.0621. The van der Waals surface area contributed by atoms with E-state index in [0.29, 0.717) is 18.3 Å². The van der Waals surface area contributed by atoms with Crippen molar-refractivity contribution in [1.82, 2.24) is 0 Å². The Balaban J connectivity index is 2.39. The summed E-state index contributed by atoms with van der Waals surface area (Å²) in [4.78, 5) is 10.8. The fourth-order valence-corrected chi connectivity index (χ4v) is 2.24. The van der Waals surface area contributed by atoms with Gasteiger partial charge >= 0.3 is 0 Å². The largest absolute Gasteiger partial charge is 0.507 e. The van der Waals surface area contributed by atoms with Crippen molar-refractivity contribution in [3.8, 4) is 5.75 Å². The number of phenols is 1. The van der Waals surface area contributed by atoms with Gasteiger partial charge in [0.25, 0.3) is 0 Å². The smallest absolute Gasteiger partial charge is 0.153 e. The average Bonchev–Trinajstić information content (AvgIpc) is 2.34. The Kier molecular flexibility index (Phi) is 3.59. The molecule has 0 aliphatic rings. The van der Waals surface area contributed by atoms with Gasteiger partial charge in [-0.05, 0) is 17.7 Å². The van der Waals surface area contributed by atoms with Gasteiger partial charge in [-0.3, -0.25) is 4.79 Å². The van der Waals surface area contributed by atoms with Crippen LogP contribution in [-0.4, -0.2) is 11.4 Å². The monoisotopic (exact) mass is 290 g/mol. The molecule has 0 heterocycles. The highest BCUT2D eigenvalue weighted by Crippen LogP contribution is 2.28. The lowest BCUT2D eigenvalue weighted by molar-refractivity contribution is 0.112. The fourth-order valence-electron chi connectivity index (χ4n) is 1.72. The zero-order chi connectivity index (χ0) is 12.3. The van der Waals surface area contributed by atoms with Gasteiger partial charge in [-0.25, -0.2) is 0 Å². The molecule has 0 bridgehead atoms. The van der Waals surface area contributed by atoms with E-state index in [4.69, 9.17) is 0 Å². The van der Waals surface area contributed by atoms with Crippen molar-refractivity contribution >= 4 is 22.2 Å². The number of aromatic hydroxyl groups is 1. The second-order valence-electron chi connectivity index (χ2n) is 3.78. The molecular weight excluding hydrogens is 280 g/mol. The molecule has 2 aromatic carbocycles. The number of carbonyl (C=O) groups is 1. The molecule has 0 aromatic heterocycles. The lowest BCUT2D eigenvalue weighted by Crippen LogP contribution is -1.92. The Bertz CT molecular complexity index is 535.